The van der Waals surface area contributed by atoms with Crippen molar-refractivity contribution in [2.24, 2.45) is 0 Å². The van der Waals surface area contributed by atoms with E-state index in [0.29, 0.717) is 28.1 Å². The van der Waals surface area contributed by atoms with E-state index in [1.165, 1.54) is 27.8 Å². The molecule has 0 fully saturated rings. The Morgan fingerprint density at radius 3 is 1.75 bits per heavy atom. The van der Waals surface area contributed by atoms with Crippen molar-refractivity contribution in [3.05, 3.63) is 174 Å². The number of pyridine rings is 1. The van der Waals surface area contributed by atoms with E-state index in [1.807, 2.05) is 30.5 Å². The summed E-state index contributed by atoms with van der Waals surface area (Å²) < 4.78 is 13.9. The van der Waals surface area contributed by atoms with Gasteiger partial charge in [0.2, 0.25) is 5.89 Å². The van der Waals surface area contributed by atoms with Gasteiger partial charge in [-0.25, -0.2) is 4.98 Å². The van der Waals surface area contributed by atoms with Crippen molar-refractivity contribution in [1.29, 1.82) is 0 Å². The van der Waals surface area contributed by atoms with Crippen LogP contribution < -0.4 is 0 Å². The van der Waals surface area contributed by atoms with Crippen molar-refractivity contribution < 1.29 is 13.9 Å². The molecule has 334 valence electrons. The summed E-state index contributed by atoms with van der Waals surface area (Å²) in [6, 6.07) is 51.4. The van der Waals surface area contributed by atoms with Crippen LogP contribution in [-0.2, 0) is 10.8 Å². The van der Waals surface area contributed by atoms with Gasteiger partial charge in [0, 0.05) is 39.2 Å². The smallest absolute Gasteiger partial charge is 0.234 e. The van der Waals surface area contributed by atoms with Crippen LogP contribution in [0.5, 0.6) is 5.75 Å². The Kier molecular flexibility index (Phi) is 10.8. The summed E-state index contributed by atoms with van der Waals surface area (Å²) in [6.07, 6.45) is 1.90. The highest BCUT2D eigenvalue weighted by molar-refractivity contribution is 6.12. The first-order chi connectivity index (χ1) is 32.0. The molecule has 0 saturated heterocycles. The van der Waals surface area contributed by atoms with Crippen molar-refractivity contribution in [3.63, 3.8) is 0 Å². The van der Waals surface area contributed by atoms with Crippen LogP contribution in [-0.4, -0.2) is 15.1 Å². The van der Waals surface area contributed by atoms with Crippen molar-refractivity contribution in [3.8, 4) is 73.0 Å². The average molecular weight is 879 g/mol. The number of hydrogen-bond donors (Lipinski definition) is 1. The minimum absolute atomic E-state index is 0.105. The van der Waals surface area contributed by atoms with Crippen LogP contribution in [0.15, 0.2) is 161 Å². The van der Waals surface area contributed by atoms with Gasteiger partial charge >= 0.3 is 0 Å². The number of furan rings is 1. The number of fused-ring (bicyclic) bond motifs is 4. The Morgan fingerprint density at radius 2 is 1.10 bits per heavy atom. The molecule has 1 N–H and O–H groups in total. The highest BCUT2D eigenvalue weighted by atomic mass is 16.4. The van der Waals surface area contributed by atoms with E-state index in [0.717, 1.165) is 66.6 Å². The summed E-state index contributed by atoms with van der Waals surface area (Å²) in [5.74, 6) is 0.800. The molecule has 7 aromatic carbocycles. The van der Waals surface area contributed by atoms with E-state index >= 15 is 0 Å². The zero-order valence-corrected chi connectivity index (χ0v) is 40.2. The normalized spacial score (nSPS) is 12.4. The lowest BCUT2D eigenvalue weighted by Gasteiger charge is -2.23. The maximum atomic E-state index is 12.5. The molecule has 0 bridgehead atoms. The molecule has 3 heterocycles. The summed E-state index contributed by atoms with van der Waals surface area (Å²) in [5, 5.41) is 14.4. The lowest BCUT2D eigenvalue weighted by molar-refractivity contribution is 0.446. The molecule has 0 spiro atoms. The second kappa shape index (κ2) is 16.6. The third-order valence-corrected chi connectivity index (χ3v) is 13.3. The number of phenolic OH excluding ortho intramolecular Hbond substituents is 1. The number of hydrogen-bond acceptors (Lipinski definition) is 5. The Labute approximate surface area is 394 Å². The van der Waals surface area contributed by atoms with Gasteiger partial charge in [0.1, 0.15) is 22.4 Å². The number of rotatable bonds is 8. The molecule has 0 saturated carbocycles. The summed E-state index contributed by atoms with van der Waals surface area (Å²) in [5.41, 5.74) is 17.5. The molecule has 67 heavy (non-hydrogen) atoms. The maximum Gasteiger partial charge on any atom is 0.234 e. The second-order valence-corrected chi connectivity index (χ2v) is 20.8. The van der Waals surface area contributed by atoms with E-state index < -0.39 is 5.41 Å². The minimum atomic E-state index is -0.401. The molecular weight excluding hydrogens is 821 g/mol. The van der Waals surface area contributed by atoms with Crippen LogP contribution in [0.1, 0.15) is 103 Å². The van der Waals surface area contributed by atoms with Gasteiger partial charge in [-0.2, -0.15) is 0 Å². The molecule has 0 aliphatic rings. The molecule has 10 aromatic rings. The van der Waals surface area contributed by atoms with E-state index in [9.17, 15) is 5.11 Å². The lowest BCUT2D eigenvalue weighted by Crippen LogP contribution is -2.11. The number of phenols is 1. The van der Waals surface area contributed by atoms with Gasteiger partial charge < -0.3 is 13.9 Å². The fourth-order valence-electron chi connectivity index (χ4n) is 9.63. The van der Waals surface area contributed by atoms with Gasteiger partial charge in [0.25, 0.3) is 0 Å². The summed E-state index contributed by atoms with van der Waals surface area (Å²) in [6.45, 7) is 22.2. The van der Waals surface area contributed by atoms with E-state index in [-0.39, 0.29) is 23.0 Å². The van der Waals surface area contributed by atoms with Gasteiger partial charge in [0.15, 0.2) is 11.2 Å². The third kappa shape index (κ3) is 7.90. The van der Waals surface area contributed by atoms with E-state index in [4.69, 9.17) is 18.8 Å². The molecule has 0 atom stereocenters. The van der Waals surface area contributed by atoms with Crippen molar-refractivity contribution in [2.75, 3.05) is 0 Å². The van der Waals surface area contributed by atoms with Crippen molar-refractivity contribution in [2.45, 2.75) is 91.9 Å². The number of aromatic nitrogens is 2. The Bertz CT molecular complexity index is 3460. The number of nitrogens with zero attached hydrogens (tertiary/aromatic N) is 2. The standard InChI is InChI=1S/C62H58N2O3/c1-36(2)48-32-41(39-21-15-12-16-22-39)33-49(37(3)4)54(48)47-26-25-45(42-29-43(31-44(30-42)61(5,6)7)52-34-40(27-28-63-52)38-19-13-11-14-20-38)56-59(47)67-60(64-56)55-57(65)51(62(8,9)10)35-50-46-23-17-18-24-53(46)66-58(50)55/h11-37,65H,1-10H3. The zero-order chi connectivity index (χ0) is 46.9. The highest BCUT2D eigenvalue weighted by Crippen LogP contribution is 2.50. The Balaban J connectivity index is 1.29. The number of aromatic hydroxyl groups is 1. The summed E-state index contributed by atoms with van der Waals surface area (Å²) in [4.78, 5) is 10.5. The number of benzene rings is 7. The summed E-state index contributed by atoms with van der Waals surface area (Å²) >= 11 is 0. The first kappa shape index (κ1) is 43.6. The molecule has 10 rings (SSSR count). The largest absolute Gasteiger partial charge is 0.507 e. The first-order valence-electron chi connectivity index (χ1n) is 23.6. The van der Waals surface area contributed by atoms with Gasteiger partial charge in [-0.15, -0.1) is 0 Å². The van der Waals surface area contributed by atoms with Crippen LogP contribution in [0.4, 0.5) is 0 Å². The molecule has 0 aliphatic heterocycles. The first-order valence-corrected chi connectivity index (χ1v) is 23.6. The van der Waals surface area contributed by atoms with E-state index in [2.05, 4.69) is 191 Å². The molecule has 0 unspecified atom stereocenters. The predicted molar refractivity (Wildman–Crippen MR) is 279 cm³/mol. The summed E-state index contributed by atoms with van der Waals surface area (Å²) in [7, 11) is 0. The Hall–Kier alpha value is -7.24. The topological polar surface area (TPSA) is 72.3 Å². The molecular formula is C62H58N2O3. The van der Waals surface area contributed by atoms with Crippen LogP contribution in [0, 0.1) is 0 Å². The quantitative estimate of drug-likeness (QED) is 0.165. The monoisotopic (exact) mass is 878 g/mol. The van der Waals surface area contributed by atoms with Crippen molar-refractivity contribution >= 4 is 33.0 Å². The molecule has 0 amide bonds. The molecule has 0 radical (unpaired) electrons. The highest BCUT2D eigenvalue weighted by Gasteiger charge is 2.31. The SMILES string of the molecule is CC(C)c1cc(-c2ccccc2)cc(C(C)C)c1-c1ccc(-c2cc(-c3cc(-c4ccccc4)ccn3)cc(C(C)(C)C)c2)c2nc(-c3c(O)c(C(C)(C)C)cc4c3oc3ccccc34)oc12. The predicted octanol–water partition coefficient (Wildman–Crippen LogP) is 17.7. The van der Waals surface area contributed by atoms with Gasteiger partial charge in [-0.3, -0.25) is 4.98 Å². The fraction of sp³-hybridized carbons (Fsp3) is 0.226. The van der Waals surface area contributed by atoms with Crippen LogP contribution >= 0.6 is 0 Å². The third-order valence-electron chi connectivity index (χ3n) is 13.3. The second-order valence-electron chi connectivity index (χ2n) is 20.8. The van der Waals surface area contributed by atoms with Crippen LogP contribution in [0.2, 0.25) is 0 Å². The minimum Gasteiger partial charge on any atom is -0.507 e. The number of para-hydroxylation sites is 1. The van der Waals surface area contributed by atoms with Crippen LogP contribution in [0.25, 0.3) is 100 Å². The average Bonchev–Trinajstić information content (AvgIpc) is 3.92. The van der Waals surface area contributed by atoms with Gasteiger partial charge in [-0.05, 0) is 115 Å². The lowest BCUT2D eigenvalue weighted by atomic mass is 9.81. The zero-order valence-electron chi connectivity index (χ0n) is 40.2. The number of oxazole rings is 1. The molecule has 3 aromatic heterocycles. The molecule has 5 nitrogen and oxygen atoms in total. The maximum absolute atomic E-state index is 12.5. The molecule has 5 heteroatoms. The fourth-order valence-corrected chi connectivity index (χ4v) is 9.63. The van der Waals surface area contributed by atoms with Crippen LogP contribution in [0.3, 0.4) is 0 Å². The van der Waals surface area contributed by atoms with Crippen molar-refractivity contribution in [1.82, 2.24) is 9.97 Å². The van der Waals surface area contributed by atoms with Gasteiger partial charge in [0.05, 0.1) is 5.69 Å². The Morgan fingerprint density at radius 1 is 0.493 bits per heavy atom. The molecule has 0 aliphatic carbocycles. The van der Waals surface area contributed by atoms with Gasteiger partial charge in [-0.1, -0.05) is 172 Å². The van der Waals surface area contributed by atoms with E-state index in [1.54, 1.807) is 0 Å².